The molecule has 0 aliphatic carbocycles. The Hall–Kier alpha value is -2.28. The summed E-state index contributed by atoms with van der Waals surface area (Å²) < 4.78 is 0. The van der Waals surface area contributed by atoms with Crippen molar-refractivity contribution in [1.82, 2.24) is 14.9 Å². The lowest BCUT2D eigenvalue weighted by atomic mass is 9.81. The van der Waals surface area contributed by atoms with Crippen LogP contribution >= 0.6 is 11.3 Å². The number of piperidine rings is 1. The third kappa shape index (κ3) is 3.87. The number of aromatic nitrogens is 2. The van der Waals surface area contributed by atoms with Crippen LogP contribution in [0.3, 0.4) is 0 Å². The third-order valence-corrected chi connectivity index (χ3v) is 5.82. The van der Waals surface area contributed by atoms with E-state index in [-0.39, 0.29) is 17.2 Å². The average Bonchev–Trinajstić information content (AvgIpc) is 3.02. The SMILES string of the molecule is CC(=O)Nc1cc(C(=O)N2CCC(C)(c3ncc(C)s3)CC2)ccn1. The predicted octanol–water partition coefficient (Wildman–Crippen LogP) is 3.00. The summed E-state index contributed by atoms with van der Waals surface area (Å²) in [5.41, 5.74) is 0.586. The van der Waals surface area contributed by atoms with E-state index in [1.165, 1.54) is 11.8 Å². The summed E-state index contributed by atoms with van der Waals surface area (Å²) in [5.74, 6) is 0.175. The van der Waals surface area contributed by atoms with Crippen molar-refractivity contribution in [2.24, 2.45) is 0 Å². The number of amides is 2. The van der Waals surface area contributed by atoms with Crippen LogP contribution in [0.25, 0.3) is 0 Å². The molecule has 0 spiro atoms. The van der Waals surface area contributed by atoms with Crippen molar-refractivity contribution in [1.29, 1.82) is 0 Å². The molecule has 7 heteroatoms. The van der Waals surface area contributed by atoms with Crippen molar-refractivity contribution in [3.05, 3.63) is 40.0 Å². The van der Waals surface area contributed by atoms with Crippen LogP contribution in [0.15, 0.2) is 24.5 Å². The van der Waals surface area contributed by atoms with Crippen molar-refractivity contribution < 1.29 is 9.59 Å². The van der Waals surface area contributed by atoms with Crippen LogP contribution < -0.4 is 5.32 Å². The molecule has 2 aromatic rings. The van der Waals surface area contributed by atoms with Gasteiger partial charge in [0.15, 0.2) is 0 Å². The van der Waals surface area contributed by atoms with E-state index in [4.69, 9.17) is 0 Å². The van der Waals surface area contributed by atoms with Gasteiger partial charge in [0, 0.05) is 48.3 Å². The Kier molecular flexibility index (Phi) is 4.85. The summed E-state index contributed by atoms with van der Waals surface area (Å²) in [6.07, 6.45) is 5.26. The molecule has 3 heterocycles. The molecule has 2 amide bonds. The molecule has 0 bridgehead atoms. The summed E-state index contributed by atoms with van der Waals surface area (Å²) in [6, 6.07) is 3.31. The number of carbonyl (C=O) groups excluding carboxylic acids is 2. The number of aryl methyl sites for hydroxylation is 1. The van der Waals surface area contributed by atoms with E-state index in [0.717, 1.165) is 17.8 Å². The Balaban J connectivity index is 1.68. The quantitative estimate of drug-likeness (QED) is 0.915. The van der Waals surface area contributed by atoms with Gasteiger partial charge in [0.25, 0.3) is 5.91 Å². The summed E-state index contributed by atoms with van der Waals surface area (Å²) in [4.78, 5) is 35.6. The van der Waals surface area contributed by atoms with Crippen molar-refractivity contribution in [3.63, 3.8) is 0 Å². The highest BCUT2D eigenvalue weighted by Crippen LogP contribution is 2.37. The molecule has 0 aromatic carbocycles. The van der Waals surface area contributed by atoms with Crippen LogP contribution in [0.5, 0.6) is 0 Å². The molecule has 1 aliphatic rings. The lowest BCUT2D eigenvalue weighted by molar-refractivity contribution is -0.114. The van der Waals surface area contributed by atoms with Gasteiger partial charge in [0.2, 0.25) is 5.91 Å². The van der Waals surface area contributed by atoms with Gasteiger partial charge >= 0.3 is 0 Å². The molecular formula is C18H22N4O2S. The number of pyridine rings is 1. The number of likely N-dealkylation sites (tertiary alicyclic amines) is 1. The number of hydrogen-bond donors (Lipinski definition) is 1. The number of thiazole rings is 1. The van der Waals surface area contributed by atoms with E-state index in [2.05, 4.69) is 29.1 Å². The highest BCUT2D eigenvalue weighted by molar-refractivity contribution is 7.11. The third-order valence-electron chi connectivity index (χ3n) is 4.60. The van der Waals surface area contributed by atoms with Crippen LogP contribution in [0.1, 0.15) is 46.9 Å². The van der Waals surface area contributed by atoms with Crippen LogP contribution in [-0.4, -0.2) is 39.8 Å². The Morgan fingerprint density at radius 1 is 1.28 bits per heavy atom. The van der Waals surface area contributed by atoms with Crippen LogP contribution in [0, 0.1) is 6.92 Å². The number of hydrogen-bond acceptors (Lipinski definition) is 5. The molecule has 1 aliphatic heterocycles. The first-order chi connectivity index (χ1) is 11.9. The number of nitrogens with one attached hydrogen (secondary N) is 1. The number of nitrogens with zero attached hydrogens (tertiary/aromatic N) is 3. The zero-order chi connectivity index (χ0) is 18.0. The van der Waals surface area contributed by atoms with Crippen LogP contribution in [0.2, 0.25) is 0 Å². The monoisotopic (exact) mass is 358 g/mol. The van der Waals surface area contributed by atoms with Gasteiger partial charge in [-0.1, -0.05) is 6.92 Å². The zero-order valence-corrected chi connectivity index (χ0v) is 15.5. The van der Waals surface area contributed by atoms with Crippen molar-refractivity contribution in [3.8, 4) is 0 Å². The van der Waals surface area contributed by atoms with E-state index in [1.54, 1.807) is 29.7 Å². The van der Waals surface area contributed by atoms with Crippen molar-refractivity contribution in [2.75, 3.05) is 18.4 Å². The first-order valence-electron chi connectivity index (χ1n) is 8.33. The molecule has 0 radical (unpaired) electrons. The fourth-order valence-corrected chi connectivity index (χ4v) is 4.01. The van der Waals surface area contributed by atoms with Crippen LogP contribution in [-0.2, 0) is 10.2 Å². The second kappa shape index (κ2) is 6.92. The van der Waals surface area contributed by atoms with Gasteiger partial charge in [0.05, 0.1) is 5.01 Å². The molecule has 1 saturated heterocycles. The second-order valence-corrected chi connectivity index (χ2v) is 7.97. The minimum atomic E-state index is -0.204. The number of carbonyl (C=O) groups is 2. The largest absolute Gasteiger partial charge is 0.339 e. The van der Waals surface area contributed by atoms with Crippen molar-refractivity contribution in [2.45, 2.75) is 39.0 Å². The maximum Gasteiger partial charge on any atom is 0.254 e. The maximum atomic E-state index is 12.8. The Morgan fingerprint density at radius 2 is 2.00 bits per heavy atom. The van der Waals surface area contributed by atoms with Crippen LogP contribution in [0.4, 0.5) is 5.82 Å². The summed E-state index contributed by atoms with van der Waals surface area (Å²) in [7, 11) is 0. The van der Waals surface area contributed by atoms with E-state index < -0.39 is 0 Å². The lowest BCUT2D eigenvalue weighted by Crippen LogP contribution is -2.43. The van der Waals surface area contributed by atoms with Gasteiger partial charge in [-0.2, -0.15) is 0 Å². The molecule has 3 rings (SSSR count). The molecule has 132 valence electrons. The van der Waals surface area contributed by atoms with Gasteiger partial charge < -0.3 is 10.2 Å². The first-order valence-corrected chi connectivity index (χ1v) is 9.15. The summed E-state index contributed by atoms with van der Waals surface area (Å²) in [5, 5.41) is 3.77. The maximum absolute atomic E-state index is 12.8. The van der Waals surface area contributed by atoms with E-state index >= 15 is 0 Å². The fraction of sp³-hybridized carbons (Fsp3) is 0.444. The molecule has 6 nitrogen and oxygen atoms in total. The highest BCUT2D eigenvalue weighted by Gasteiger charge is 2.35. The molecule has 0 atom stereocenters. The molecular weight excluding hydrogens is 336 g/mol. The standard InChI is InChI=1S/C18H22N4O2S/c1-12-11-20-17(25-12)18(3)5-8-22(9-6-18)16(24)14-4-7-19-15(10-14)21-13(2)23/h4,7,10-11H,5-6,8-9H2,1-3H3,(H,19,21,23). The zero-order valence-electron chi connectivity index (χ0n) is 14.7. The minimum Gasteiger partial charge on any atom is -0.339 e. The summed E-state index contributed by atoms with van der Waals surface area (Å²) in [6.45, 7) is 7.12. The predicted molar refractivity (Wildman–Crippen MR) is 97.9 cm³/mol. The fourth-order valence-electron chi connectivity index (χ4n) is 3.05. The van der Waals surface area contributed by atoms with Gasteiger partial charge in [-0.05, 0) is 31.9 Å². The van der Waals surface area contributed by atoms with Gasteiger partial charge in [0.1, 0.15) is 5.82 Å². The Morgan fingerprint density at radius 3 is 2.60 bits per heavy atom. The lowest BCUT2D eigenvalue weighted by Gasteiger charge is -2.38. The first kappa shape index (κ1) is 17.5. The normalized spacial score (nSPS) is 16.5. The van der Waals surface area contributed by atoms with Gasteiger partial charge in [-0.25, -0.2) is 9.97 Å². The molecule has 0 saturated carbocycles. The average molecular weight is 358 g/mol. The molecule has 1 fully saturated rings. The smallest absolute Gasteiger partial charge is 0.254 e. The highest BCUT2D eigenvalue weighted by atomic mass is 32.1. The van der Waals surface area contributed by atoms with E-state index in [0.29, 0.717) is 24.5 Å². The van der Waals surface area contributed by atoms with E-state index in [1.807, 2.05) is 11.1 Å². The molecule has 1 N–H and O–H groups in total. The van der Waals surface area contributed by atoms with E-state index in [9.17, 15) is 9.59 Å². The molecule has 2 aromatic heterocycles. The molecule has 0 unspecified atom stereocenters. The minimum absolute atomic E-state index is 0.0219. The van der Waals surface area contributed by atoms with Crippen molar-refractivity contribution >= 4 is 29.0 Å². The topological polar surface area (TPSA) is 75.2 Å². The molecule has 25 heavy (non-hydrogen) atoms. The Bertz CT molecular complexity index is 794. The second-order valence-electron chi connectivity index (χ2n) is 6.74. The number of anilines is 1. The Labute approximate surface area is 151 Å². The van der Waals surface area contributed by atoms with Gasteiger partial charge in [-0.15, -0.1) is 11.3 Å². The summed E-state index contributed by atoms with van der Waals surface area (Å²) >= 11 is 1.74. The van der Waals surface area contributed by atoms with Gasteiger partial charge in [-0.3, -0.25) is 9.59 Å². The number of rotatable bonds is 3.